The Balaban J connectivity index is 1.79. The zero-order valence-corrected chi connectivity index (χ0v) is 16.7. The Morgan fingerprint density at radius 2 is 1.72 bits per heavy atom. The van der Waals surface area contributed by atoms with Crippen molar-refractivity contribution in [1.29, 1.82) is 0 Å². The number of hydrogen-bond acceptors (Lipinski definition) is 5. The molecule has 1 aliphatic rings. The number of ether oxygens (including phenoxy) is 1. The minimum Gasteiger partial charge on any atom is -0.394 e. The number of aromatic nitrogens is 1. The van der Waals surface area contributed by atoms with E-state index in [2.05, 4.69) is 12.1 Å². The van der Waals surface area contributed by atoms with Crippen molar-refractivity contribution in [3.8, 4) is 0 Å². The molecule has 1 aromatic heterocycles. The van der Waals surface area contributed by atoms with E-state index in [1.165, 1.54) is 5.56 Å². The lowest BCUT2D eigenvalue weighted by atomic mass is 9.98. The van der Waals surface area contributed by atoms with Crippen molar-refractivity contribution in [3.05, 3.63) is 70.4 Å². The number of hydrogen-bond donors (Lipinski definition) is 4. The van der Waals surface area contributed by atoms with Gasteiger partial charge in [0.1, 0.15) is 24.4 Å². The summed E-state index contributed by atoms with van der Waals surface area (Å²) >= 11 is 6.50. The molecule has 1 aliphatic heterocycles. The van der Waals surface area contributed by atoms with Gasteiger partial charge in [0.05, 0.1) is 17.1 Å². The number of halogens is 1. The van der Waals surface area contributed by atoms with Crippen LogP contribution in [-0.4, -0.2) is 56.0 Å². The van der Waals surface area contributed by atoms with Crippen LogP contribution in [0.4, 0.5) is 0 Å². The van der Waals surface area contributed by atoms with E-state index in [9.17, 15) is 20.4 Å². The number of rotatable bonds is 4. The number of aliphatic hydroxyl groups is 4. The van der Waals surface area contributed by atoms with Crippen molar-refractivity contribution in [2.24, 2.45) is 0 Å². The number of nitrogens with zero attached hydrogens (tertiary/aromatic N) is 1. The van der Waals surface area contributed by atoms with Gasteiger partial charge in [-0.1, -0.05) is 47.5 Å². The molecule has 0 amide bonds. The summed E-state index contributed by atoms with van der Waals surface area (Å²) in [6.07, 6.45) is -3.68. The first-order valence-corrected chi connectivity index (χ1v) is 9.92. The molecule has 4 rings (SSSR count). The predicted molar refractivity (Wildman–Crippen MR) is 110 cm³/mol. The molecule has 7 heteroatoms. The average Bonchev–Trinajstić information content (AvgIpc) is 3.08. The van der Waals surface area contributed by atoms with Crippen molar-refractivity contribution >= 4 is 22.5 Å². The van der Waals surface area contributed by atoms with Crippen LogP contribution in [0.25, 0.3) is 10.9 Å². The van der Waals surface area contributed by atoms with Gasteiger partial charge in [-0.25, -0.2) is 0 Å². The quantitative estimate of drug-likeness (QED) is 0.522. The number of benzene rings is 2. The van der Waals surface area contributed by atoms with Gasteiger partial charge in [-0.2, -0.15) is 0 Å². The molecule has 0 saturated carbocycles. The highest BCUT2D eigenvalue weighted by Gasteiger charge is 2.44. The van der Waals surface area contributed by atoms with Gasteiger partial charge in [-0.3, -0.25) is 0 Å². The van der Waals surface area contributed by atoms with E-state index in [-0.39, 0.29) is 0 Å². The Morgan fingerprint density at radius 1 is 1.00 bits per heavy atom. The third-order valence-corrected chi connectivity index (χ3v) is 5.86. The molecule has 1 fully saturated rings. The summed E-state index contributed by atoms with van der Waals surface area (Å²) in [7, 11) is 0. The second-order valence-electron chi connectivity index (χ2n) is 7.58. The fraction of sp³-hybridized carbons (Fsp3) is 0.364. The van der Waals surface area contributed by atoms with E-state index in [4.69, 9.17) is 16.3 Å². The standard InChI is InChI=1S/C22H24ClNO5/c1-12-5-7-13(8-6-12)9-14-10-24(16-4-2-3-15(23)18(14)16)22-21(28)20(27)19(26)17(11-25)29-22/h2-8,10,17,19-22,25-28H,9,11H2,1H3/t17-,19-,20+,21-,22-/m1/s1. The molecule has 0 unspecified atom stereocenters. The third kappa shape index (κ3) is 3.68. The number of aryl methyl sites for hydroxylation is 1. The maximum Gasteiger partial charge on any atom is 0.163 e. The lowest BCUT2D eigenvalue weighted by molar-refractivity contribution is -0.250. The Morgan fingerprint density at radius 3 is 2.41 bits per heavy atom. The first-order chi connectivity index (χ1) is 13.9. The van der Waals surface area contributed by atoms with Gasteiger partial charge < -0.3 is 29.7 Å². The predicted octanol–water partition coefficient (Wildman–Crippen LogP) is 2.17. The molecule has 4 N–H and O–H groups in total. The largest absolute Gasteiger partial charge is 0.394 e. The van der Waals surface area contributed by atoms with Crippen molar-refractivity contribution in [3.63, 3.8) is 0 Å². The van der Waals surface area contributed by atoms with Crippen molar-refractivity contribution < 1.29 is 25.2 Å². The lowest BCUT2D eigenvalue weighted by Gasteiger charge is -2.40. The Labute approximate surface area is 173 Å². The molecule has 2 aromatic carbocycles. The maximum atomic E-state index is 10.6. The van der Waals surface area contributed by atoms with E-state index in [0.29, 0.717) is 11.4 Å². The summed E-state index contributed by atoms with van der Waals surface area (Å²) in [4.78, 5) is 0. The van der Waals surface area contributed by atoms with Crippen LogP contribution in [0.2, 0.25) is 5.02 Å². The molecule has 154 valence electrons. The fourth-order valence-corrected chi connectivity index (χ4v) is 4.22. The van der Waals surface area contributed by atoms with E-state index in [1.54, 1.807) is 16.7 Å². The minimum atomic E-state index is -1.44. The first kappa shape index (κ1) is 20.3. The summed E-state index contributed by atoms with van der Waals surface area (Å²) in [5.74, 6) is 0. The Hall–Kier alpha value is -1.93. The van der Waals surface area contributed by atoms with E-state index in [0.717, 1.165) is 22.0 Å². The number of fused-ring (bicyclic) bond motifs is 1. The smallest absolute Gasteiger partial charge is 0.163 e. The van der Waals surface area contributed by atoms with Crippen LogP contribution in [0.15, 0.2) is 48.7 Å². The molecule has 5 atom stereocenters. The molecule has 6 nitrogen and oxygen atoms in total. The molecule has 2 heterocycles. The van der Waals surface area contributed by atoms with Crippen LogP contribution < -0.4 is 0 Å². The monoisotopic (exact) mass is 417 g/mol. The molecule has 0 radical (unpaired) electrons. The Bertz CT molecular complexity index is 1000. The van der Waals surface area contributed by atoms with E-state index < -0.39 is 37.3 Å². The van der Waals surface area contributed by atoms with E-state index >= 15 is 0 Å². The topological polar surface area (TPSA) is 95.1 Å². The van der Waals surface area contributed by atoms with Gasteiger partial charge in [0.2, 0.25) is 0 Å². The van der Waals surface area contributed by atoms with Crippen molar-refractivity contribution in [2.45, 2.75) is 44.0 Å². The van der Waals surface area contributed by atoms with Gasteiger partial charge in [0.25, 0.3) is 0 Å². The summed E-state index contributed by atoms with van der Waals surface area (Å²) in [6.45, 7) is 1.56. The average molecular weight is 418 g/mol. The van der Waals surface area contributed by atoms with Gasteiger partial charge in [-0.05, 0) is 36.6 Å². The summed E-state index contributed by atoms with van der Waals surface area (Å²) in [5, 5.41) is 41.8. The minimum absolute atomic E-state index is 0.475. The van der Waals surface area contributed by atoms with Crippen LogP contribution in [0.3, 0.4) is 0 Å². The van der Waals surface area contributed by atoms with Gasteiger partial charge in [-0.15, -0.1) is 0 Å². The maximum absolute atomic E-state index is 10.6. The molecule has 29 heavy (non-hydrogen) atoms. The molecule has 3 aromatic rings. The molecule has 0 aliphatic carbocycles. The molecule has 0 spiro atoms. The highest BCUT2D eigenvalue weighted by Crippen LogP contribution is 2.36. The van der Waals surface area contributed by atoms with Crippen molar-refractivity contribution in [1.82, 2.24) is 4.57 Å². The van der Waals surface area contributed by atoms with Crippen LogP contribution in [0, 0.1) is 6.92 Å². The molecular weight excluding hydrogens is 394 g/mol. The normalized spacial score (nSPS) is 27.4. The highest BCUT2D eigenvalue weighted by molar-refractivity contribution is 6.35. The van der Waals surface area contributed by atoms with Crippen LogP contribution >= 0.6 is 11.6 Å². The van der Waals surface area contributed by atoms with Gasteiger partial charge >= 0.3 is 0 Å². The van der Waals surface area contributed by atoms with Crippen LogP contribution in [0.1, 0.15) is 22.9 Å². The zero-order valence-electron chi connectivity index (χ0n) is 15.9. The lowest BCUT2D eigenvalue weighted by Crippen LogP contribution is -2.56. The SMILES string of the molecule is Cc1ccc(Cc2cn([C@@H]3O[C@H](CO)[C@@H](O)[C@H](O)[C@H]3O)c3cccc(Cl)c23)cc1. The second-order valence-corrected chi connectivity index (χ2v) is 7.98. The first-order valence-electron chi connectivity index (χ1n) is 9.54. The van der Waals surface area contributed by atoms with Crippen LogP contribution in [0.5, 0.6) is 0 Å². The number of aliphatic hydroxyl groups excluding tert-OH is 4. The van der Waals surface area contributed by atoms with Gasteiger partial charge in [0, 0.05) is 11.6 Å². The zero-order chi connectivity index (χ0) is 20.7. The summed E-state index contributed by atoms with van der Waals surface area (Å²) < 4.78 is 7.47. The molecular formula is C22H24ClNO5. The highest BCUT2D eigenvalue weighted by atomic mass is 35.5. The summed E-state index contributed by atoms with van der Waals surface area (Å²) in [5.41, 5.74) is 3.98. The van der Waals surface area contributed by atoms with Gasteiger partial charge in [0.15, 0.2) is 6.23 Å². The fourth-order valence-electron chi connectivity index (χ4n) is 3.93. The molecule has 0 bridgehead atoms. The second kappa shape index (κ2) is 8.07. The summed E-state index contributed by atoms with van der Waals surface area (Å²) in [6, 6.07) is 13.7. The van der Waals surface area contributed by atoms with E-state index in [1.807, 2.05) is 31.3 Å². The van der Waals surface area contributed by atoms with Crippen LogP contribution in [-0.2, 0) is 11.2 Å². The third-order valence-electron chi connectivity index (χ3n) is 5.54. The molecule has 1 saturated heterocycles. The van der Waals surface area contributed by atoms with Crippen molar-refractivity contribution in [2.75, 3.05) is 6.61 Å². The Kier molecular flexibility index (Phi) is 5.66.